The van der Waals surface area contributed by atoms with Crippen molar-refractivity contribution in [1.82, 2.24) is 19.6 Å². The number of nitrogens with zero attached hydrogens (tertiary/aromatic N) is 4. The minimum absolute atomic E-state index is 0. The van der Waals surface area contributed by atoms with Crippen LogP contribution in [0.3, 0.4) is 0 Å². The van der Waals surface area contributed by atoms with Crippen LogP contribution >= 0.6 is 23.2 Å². The number of carbonyl (C=O) groups excluding carboxylic acids is 6. The van der Waals surface area contributed by atoms with Gasteiger partial charge in [0.1, 0.15) is 12.1 Å². The number of hydrogen-bond donors (Lipinski definition) is 2. The Hall–Kier alpha value is -8.75. The van der Waals surface area contributed by atoms with Crippen molar-refractivity contribution in [2.75, 3.05) is 24.9 Å². The number of aromatic nitrogens is 4. The summed E-state index contributed by atoms with van der Waals surface area (Å²) in [5, 5.41) is 37.0. The van der Waals surface area contributed by atoms with Crippen molar-refractivity contribution >= 4 is 92.9 Å². The molecule has 0 saturated carbocycles. The molecular weight excluding hydrogens is 1070 g/mol. The zero-order chi connectivity index (χ0) is 56.2. The Morgan fingerprint density at radius 1 is 0.506 bits per heavy atom. The third-order valence-electron chi connectivity index (χ3n) is 12.0. The van der Waals surface area contributed by atoms with E-state index in [4.69, 9.17) is 32.7 Å². The van der Waals surface area contributed by atoms with E-state index < -0.39 is 47.0 Å². The van der Waals surface area contributed by atoms with Crippen molar-refractivity contribution in [3.8, 4) is 34.0 Å². The second kappa shape index (κ2) is 27.0. The number of carbonyl (C=O) groups is 6. The number of hydrogen-bond acceptors (Lipinski definition) is 14. The van der Waals surface area contributed by atoms with E-state index >= 15 is 0 Å². The molecule has 2 aromatic heterocycles. The molecule has 0 fully saturated rings. The number of halogens is 2. The van der Waals surface area contributed by atoms with Gasteiger partial charge in [-0.2, -0.15) is 0 Å². The predicted octanol–water partition coefficient (Wildman–Crippen LogP) is 6.74. The maximum Gasteiger partial charge on any atom is 2.00 e. The van der Waals surface area contributed by atoms with Crippen molar-refractivity contribution in [2.24, 2.45) is 0 Å². The summed E-state index contributed by atoms with van der Waals surface area (Å²) in [7, 11) is 2.73. The molecule has 2 amide bonds. The van der Waals surface area contributed by atoms with Crippen molar-refractivity contribution in [3.63, 3.8) is 0 Å². The monoisotopic (exact) mass is 1110 g/mol. The second-order valence-corrected chi connectivity index (χ2v) is 18.2. The predicted molar refractivity (Wildman–Crippen MR) is 294 cm³/mol. The van der Waals surface area contributed by atoms with Crippen LogP contribution in [0.4, 0.5) is 11.4 Å². The van der Waals surface area contributed by atoms with Crippen LogP contribution in [0.1, 0.15) is 78.5 Å². The van der Waals surface area contributed by atoms with Gasteiger partial charge in [0.05, 0.1) is 37.3 Å². The first-order chi connectivity index (χ1) is 37.3. The number of nitrogens with one attached hydrogen (secondary N) is 2. The zero-order valence-electron chi connectivity index (χ0n) is 42.7. The molecule has 0 unspecified atom stereocenters. The number of carboxylic acid groups (broad SMARTS) is 2. The number of ketones is 2. The van der Waals surface area contributed by atoms with Crippen LogP contribution in [0.5, 0.6) is 11.8 Å². The first-order valence-corrected chi connectivity index (χ1v) is 24.4. The number of methoxy groups -OCH3 is 2. The quantitative estimate of drug-likeness (QED) is 0.0666. The summed E-state index contributed by atoms with van der Waals surface area (Å²) < 4.78 is 13.0. The van der Waals surface area contributed by atoms with Gasteiger partial charge in [0, 0.05) is 57.5 Å². The van der Waals surface area contributed by atoms with Crippen LogP contribution in [0.2, 0.25) is 10.0 Å². The zero-order valence-corrected chi connectivity index (χ0v) is 45.7. The van der Waals surface area contributed by atoms with Crippen molar-refractivity contribution in [2.45, 2.75) is 38.8 Å². The number of amides is 2. The van der Waals surface area contributed by atoms with Gasteiger partial charge in [0.2, 0.25) is 23.6 Å². The molecule has 396 valence electrons. The molecule has 0 aliphatic heterocycles. The smallest absolute Gasteiger partial charge is 0.545 e. The van der Waals surface area contributed by atoms with Crippen LogP contribution in [0.25, 0.3) is 22.3 Å². The third-order valence-corrected chi connectivity index (χ3v) is 12.5. The van der Waals surface area contributed by atoms with Crippen LogP contribution in [0, 0.1) is 0 Å². The van der Waals surface area contributed by atoms with E-state index in [1.165, 1.54) is 88.7 Å². The molecule has 18 nitrogen and oxygen atoms in total. The molecule has 0 bridgehead atoms. The Labute approximate surface area is 477 Å². The Bertz CT molecular complexity index is 3450. The van der Waals surface area contributed by atoms with Gasteiger partial charge in [-0.1, -0.05) is 108 Å². The maximum absolute atomic E-state index is 13.5. The molecule has 2 heterocycles. The molecule has 8 rings (SSSR count). The first-order valence-electron chi connectivity index (χ1n) is 23.7. The first kappa shape index (κ1) is 59.5. The van der Waals surface area contributed by atoms with Gasteiger partial charge in [-0.15, -0.1) is 10.2 Å². The topological polar surface area (TPSA) is 261 Å². The summed E-state index contributed by atoms with van der Waals surface area (Å²) in [4.78, 5) is 100. The number of benzene rings is 6. The van der Waals surface area contributed by atoms with Crippen molar-refractivity contribution < 1.29 is 48.5 Å². The number of aromatic carboxylic acids is 2. The van der Waals surface area contributed by atoms with Gasteiger partial charge in [-0.3, -0.25) is 28.8 Å². The normalized spacial score (nSPS) is 11.3. The standard InChI is InChI=1S/2C29H24ClN3O6.Mg/c2*1-17(34)22-13-10-20(30)15-23(22)24-16-26(35)33(32-28(24)39-2)25(14-18-6-4-3-5-7-18)27(36)31-21-11-8-19(9-12-21)29(37)38;/h2*3-13,15-16,25H,14H2,1-2H3,(H,31,36)(H,37,38);/q;;+2/p-2/t2*25-;/m00./s1. The van der Waals surface area contributed by atoms with Gasteiger partial charge in [0.15, 0.2) is 11.6 Å². The van der Waals surface area contributed by atoms with E-state index in [9.17, 15) is 48.6 Å². The molecule has 0 spiro atoms. The molecule has 21 heteroatoms. The number of Topliss-reactive ketones (excluding diaryl/α,β-unsaturated/α-hetero) is 2. The van der Waals surface area contributed by atoms with Crippen LogP contribution in [-0.4, -0.2) is 92.2 Å². The second-order valence-electron chi connectivity index (χ2n) is 17.3. The molecule has 2 atom stereocenters. The summed E-state index contributed by atoms with van der Waals surface area (Å²) in [6.07, 6.45) is 0.240. The molecule has 0 saturated heterocycles. The Kier molecular flexibility index (Phi) is 20.3. The number of carboxylic acids is 2. The van der Waals surface area contributed by atoms with Crippen molar-refractivity contribution in [1.29, 1.82) is 0 Å². The van der Waals surface area contributed by atoms with Crippen LogP contribution < -0.4 is 41.4 Å². The van der Waals surface area contributed by atoms with Gasteiger partial charge in [0.25, 0.3) is 11.1 Å². The summed E-state index contributed by atoms with van der Waals surface area (Å²) in [5.74, 6) is -4.24. The molecule has 0 aliphatic rings. The van der Waals surface area contributed by atoms with E-state index in [1.807, 2.05) is 60.7 Å². The van der Waals surface area contributed by atoms with E-state index in [0.717, 1.165) is 20.5 Å². The summed E-state index contributed by atoms with van der Waals surface area (Å²) in [6.45, 7) is 2.79. The fraction of sp³-hybridized carbons (Fsp3) is 0.138. The van der Waals surface area contributed by atoms with Gasteiger partial charge >= 0.3 is 23.1 Å². The van der Waals surface area contributed by atoms with Gasteiger partial charge in [-0.25, -0.2) is 9.36 Å². The van der Waals surface area contributed by atoms with E-state index in [-0.39, 0.29) is 81.5 Å². The molecule has 79 heavy (non-hydrogen) atoms. The van der Waals surface area contributed by atoms with E-state index in [1.54, 1.807) is 36.4 Å². The minimum atomic E-state index is -1.34. The molecule has 6 aromatic carbocycles. The van der Waals surface area contributed by atoms with E-state index in [0.29, 0.717) is 43.7 Å². The van der Waals surface area contributed by atoms with Crippen LogP contribution in [0.15, 0.2) is 167 Å². The fourth-order valence-electron chi connectivity index (χ4n) is 8.22. The number of rotatable bonds is 18. The molecule has 8 aromatic rings. The molecular formula is C58H46Cl2MgN6O12. The SMILES string of the molecule is COc1nn([C@@H](Cc2ccccc2)C(=O)Nc2ccc(C(=O)[O-])cc2)c(=O)cc1-c1cc(Cl)ccc1C(C)=O.COc1nn([C@@H](Cc2ccccc2)C(=O)Nc2ccc(C(=O)[O-])cc2)c(=O)cc1-c1cc(Cl)ccc1C(C)=O.[Mg+2]. The molecule has 0 aliphatic carbocycles. The average molecular weight is 1110 g/mol. The Morgan fingerprint density at radius 3 is 1.15 bits per heavy atom. The van der Waals surface area contributed by atoms with Crippen LogP contribution in [-0.2, 0) is 22.4 Å². The summed E-state index contributed by atoms with van der Waals surface area (Å²) in [6, 6.07) is 38.7. The van der Waals surface area contributed by atoms with Gasteiger partial charge in [-0.05, 0) is 108 Å². The Morgan fingerprint density at radius 2 is 0.848 bits per heavy atom. The molecule has 0 radical (unpaired) electrons. The summed E-state index contributed by atoms with van der Waals surface area (Å²) >= 11 is 12.4. The minimum Gasteiger partial charge on any atom is -0.545 e. The fourth-order valence-corrected chi connectivity index (χ4v) is 8.56. The number of anilines is 2. The van der Waals surface area contributed by atoms with Crippen molar-refractivity contribution in [3.05, 3.63) is 222 Å². The van der Waals surface area contributed by atoms with E-state index in [2.05, 4.69) is 20.8 Å². The summed E-state index contributed by atoms with van der Waals surface area (Å²) in [5.41, 5.74) is 2.81. The number of ether oxygens (including phenoxy) is 2. The largest absolute Gasteiger partial charge is 2.00 e. The molecule has 2 N–H and O–H groups in total. The average Bonchev–Trinajstić information content (AvgIpc) is 3.43. The van der Waals surface area contributed by atoms with Gasteiger partial charge < -0.3 is 39.9 Å². The maximum atomic E-state index is 13.5. The Balaban J connectivity index is 0.000000252. The third kappa shape index (κ3) is 14.8.